The predicted octanol–water partition coefficient (Wildman–Crippen LogP) is 5.05. The standard InChI is InChI=1S/C16H21Br/c1-11(12-6-7-12)16(17)15-9-8-13-4-2-3-5-14(13)10-15/h8-12,16H,2-7H2,1H3. The molecule has 0 nitrogen and oxygen atoms in total. The van der Waals surface area contributed by atoms with Crippen LogP contribution in [0.2, 0.25) is 0 Å². The van der Waals surface area contributed by atoms with E-state index in [1.54, 1.807) is 11.1 Å². The first-order valence-electron chi connectivity index (χ1n) is 7.01. The molecular weight excluding hydrogens is 272 g/mol. The summed E-state index contributed by atoms with van der Waals surface area (Å²) in [4.78, 5) is 0.558. The molecule has 2 aliphatic carbocycles. The van der Waals surface area contributed by atoms with E-state index < -0.39 is 0 Å². The highest BCUT2D eigenvalue weighted by Crippen LogP contribution is 2.46. The van der Waals surface area contributed by atoms with Gasteiger partial charge >= 0.3 is 0 Å². The monoisotopic (exact) mass is 292 g/mol. The van der Waals surface area contributed by atoms with Crippen LogP contribution >= 0.6 is 15.9 Å². The molecule has 0 radical (unpaired) electrons. The van der Waals surface area contributed by atoms with Crippen LogP contribution in [0.15, 0.2) is 18.2 Å². The van der Waals surface area contributed by atoms with Gasteiger partial charge in [0.15, 0.2) is 0 Å². The highest BCUT2D eigenvalue weighted by molar-refractivity contribution is 9.09. The quantitative estimate of drug-likeness (QED) is 0.684. The molecule has 0 aliphatic heterocycles. The predicted molar refractivity (Wildman–Crippen MR) is 76.6 cm³/mol. The molecule has 0 aromatic heterocycles. The highest BCUT2D eigenvalue weighted by Gasteiger charge is 2.32. The molecule has 0 saturated heterocycles. The lowest BCUT2D eigenvalue weighted by molar-refractivity contribution is 0.502. The molecule has 1 aromatic rings. The number of alkyl halides is 1. The van der Waals surface area contributed by atoms with Crippen LogP contribution in [-0.4, -0.2) is 0 Å². The molecule has 1 saturated carbocycles. The van der Waals surface area contributed by atoms with E-state index in [0.29, 0.717) is 4.83 Å². The molecule has 1 fully saturated rings. The van der Waals surface area contributed by atoms with Crippen LogP contribution in [0.4, 0.5) is 0 Å². The Balaban J connectivity index is 1.82. The van der Waals surface area contributed by atoms with Crippen molar-refractivity contribution in [3.63, 3.8) is 0 Å². The molecular formula is C16H21Br. The molecule has 2 aliphatic rings. The molecule has 2 atom stereocenters. The van der Waals surface area contributed by atoms with E-state index >= 15 is 0 Å². The van der Waals surface area contributed by atoms with Crippen molar-refractivity contribution in [1.29, 1.82) is 0 Å². The van der Waals surface area contributed by atoms with E-state index in [1.165, 1.54) is 44.1 Å². The molecule has 2 unspecified atom stereocenters. The van der Waals surface area contributed by atoms with Crippen molar-refractivity contribution in [2.45, 2.75) is 50.3 Å². The third kappa shape index (κ3) is 2.45. The Labute approximate surface area is 113 Å². The van der Waals surface area contributed by atoms with Gasteiger partial charge in [-0.25, -0.2) is 0 Å². The van der Waals surface area contributed by atoms with Gasteiger partial charge in [-0.15, -0.1) is 0 Å². The maximum absolute atomic E-state index is 3.92. The van der Waals surface area contributed by atoms with Crippen LogP contribution in [0.5, 0.6) is 0 Å². The zero-order valence-electron chi connectivity index (χ0n) is 10.6. The minimum Gasteiger partial charge on any atom is -0.0836 e. The van der Waals surface area contributed by atoms with Crippen LogP contribution in [0.25, 0.3) is 0 Å². The number of hydrogen-bond donors (Lipinski definition) is 0. The van der Waals surface area contributed by atoms with Crippen molar-refractivity contribution < 1.29 is 0 Å². The number of rotatable bonds is 3. The van der Waals surface area contributed by atoms with Crippen molar-refractivity contribution in [3.05, 3.63) is 34.9 Å². The first-order valence-corrected chi connectivity index (χ1v) is 7.93. The molecule has 1 heteroatoms. The van der Waals surface area contributed by atoms with Crippen LogP contribution < -0.4 is 0 Å². The Morgan fingerprint density at radius 3 is 2.53 bits per heavy atom. The molecule has 3 rings (SSSR count). The van der Waals surface area contributed by atoms with Gasteiger partial charge in [-0.05, 0) is 67.1 Å². The van der Waals surface area contributed by atoms with Gasteiger partial charge in [0.1, 0.15) is 0 Å². The third-order valence-electron chi connectivity index (χ3n) is 4.52. The summed E-state index contributed by atoms with van der Waals surface area (Å²) in [6.07, 6.45) is 8.22. The van der Waals surface area contributed by atoms with E-state index in [1.807, 2.05) is 0 Å². The Bertz CT molecular complexity index is 406. The van der Waals surface area contributed by atoms with Gasteiger partial charge in [-0.3, -0.25) is 0 Å². The van der Waals surface area contributed by atoms with E-state index in [0.717, 1.165) is 11.8 Å². The van der Waals surface area contributed by atoms with Crippen LogP contribution in [0.3, 0.4) is 0 Å². The lowest BCUT2D eigenvalue weighted by atomic mass is 9.88. The SMILES string of the molecule is CC(C1CC1)C(Br)c1ccc2c(c1)CCCC2. The normalized spacial score (nSPS) is 22.9. The number of hydrogen-bond acceptors (Lipinski definition) is 0. The summed E-state index contributed by atoms with van der Waals surface area (Å²) in [6.45, 7) is 2.40. The van der Waals surface area contributed by atoms with Gasteiger partial charge in [-0.1, -0.05) is 41.1 Å². The second-order valence-electron chi connectivity index (χ2n) is 5.83. The Morgan fingerprint density at radius 2 is 1.82 bits per heavy atom. The largest absolute Gasteiger partial charge is 0.0836 e. The van der Waals surface area contributed by atoms with Gasteiger partial charge in [0.05, 0.1) is 0 Å². The maximum Gasteiger partial charge on any atom is 0.0423 e. The summed E-state index contributed by atoms with van der Waals surface area (Å²) < 4.78 is 0. The second kappa shape index (κ2) is 4.76. The zero-order valence-corrected chi connectivity index (χ0v) is 12.2. The molecule has 17 heavy (non-hydrogen) atoms. The topological polar surface area (TPSA) is 0 Å². The van der Waals surface area contributed by atoms with Crippen molar-refractivity contribution >= 4 is 15.9 Å². The summed E-state index contributed by atoms with van der Waals surface area (Å²) >= 11 is 3.92. The Morgan fingerprint density at radius 1 is 1.12 bits per heavy atom. The van der Waals surface area contributed by atoms with Gasteiger partial charge in [-0.2, -0.15) is 0 Å². The fourth-order valence-electron chi connectivity index (χ4n) is 3.09. The van der Waals surface area contributed by atoms with Gasteiger partial charge in [0, 0.05) is 4.83 Å². The Kier molecular flexibility index (Phi) is 3.30. The summed E-state index contributed by atoms with van der Waals surface area (Å²) in [7, 11) is 0. The van der Waals surface area contributed by atoms with E-state index in [2.05, 4.69) is 41.1 Å². The maximum atomic E-state index is 3.92. The summed E-state index contributed by atoms with van der Waals surface area (Å²) in [5.41, 5.74) is 4.71. The number of benzene rings is 1. The second-order valence-corrected chi connectivity index (χ2v) is 6.82. The lowest BCUT2D eigenvalue weighted by Crippen LogP contribution is -2.08. The first-order chi connectivity index (χ1) is 8.25. The average molecular weight is 293 g/mol. The number of halogens is 1. The van der Waals surface area contributed by atoms with Crippen molar-refractivity contribution in [1.82, 2.24) is 0 Å². The first kappa shape index (κ1) is 11.8. The van der Waals surface area contributed by atoms with Gasteiger partial charge in [0.25, 0.3) is 0 Å². The number of aryl methyl sites for hydroxylation is 2. The molecule has 0 N–H and O–H groups in total. The molecule has 0 heterocycles. The summed E-state index contributed by atoms with van der Waals surface area (Å²) in [5.74, 6) is 1.76. The molecule has 1 aromatic carbocycles. The van der Waals surface area contributed by atoms with Crippen molar-refractivity contribution in [2.75, 3.05) is 0 Å². The Hall–Kier alpha value is -0.300. The third-order valence-corrected chi connectivity index (χ3v) is 5.88. The van der Waals surface area contributed by atoms with E-state index in [9.17, 15) is 0 Å². The van der Waals surface area contributed by atoms with E-state index in [-0.39, 0.29) is 0 Å². The number of fused-ring (bicyclic) bond motifs is 1. The molecule has 0 bridgehead atoms. The minimum atomic E-state index is 0.558. The van der Waals surface area contributed by atoms with Crippen LogP contribution in [0.1, 0.15) is 54.1 Å². The summed E-state index contributed by atoms with van der Waals surface area (Å²) in [5, 5.41) is 0. The molecule has 0 spiro atoms. The average Bonchev–Trinajstić information content (AvgIpc) is 3.21. The van der Waals surface area contributed by atoms with Gasteiger partial charge in [0.2, 0.25) is 0 Å². The van der Waals surface area contributed by atoms with Crippen LogP contribution in [-0.2, 0) is 12.8 Å². The fourth-order valence-corrected chi connectivity index (χ4v) is 3.81. The fraction of sp³-hybridized carbons (Fsp3) is 0.625. The lowest BCUT2D eigenvalue weighted by Gasteiger charge is -2.22. The van der Waals surface area contributed by atoms with Crippen LogP contribution in [0, 0.1) is 11.8 Å². The minimum absolute atomic E-state index is 0.558. The zero-order chi connectivity index (χ0) is 11.8. The molecule has 0 amide bonds. The van der Waals surface area contributed by atoms with E-state index in [4.69, 9.17) is 0 Å². The highest BCUT2D eigenvalue weighted by atomic mass is 79.9. The molecule has 92 valence electrons. The van der Waals surface area contributed by atoms with Crippen molar-refractivity contribution in [3.8, 4) is 0 Å². The smallest absolute Gasteiger partial charge is 0.0423 e. The van der Waals surface area contributed by atoms with Gasteiger partial charge < -0.3 is 0 Å². The summed E-state index contributed by atoms with van der Waals surface area (Å²) in [6, 6.07) is 7.19. The van der Waals surface area contributed by atoms with Crippen molar-refractivity contribution in [2.24, 2.45) is 11.8 Å².